The monoisotopic (exact) mass is 276 g/mol. The van der Waals surface area contributed by atoms with Crippen molar-refractivity contribution in [3.8, 4) is 0 Å². The van der Waals surface area contributed by atoms with E-state index in [-0.39, 0.29) is 11.0 Å². The van der Waals surface area contributed by atoms with E-state index in [1.807, 2.05) is 26.8 Å². The van der Waals surface area contributed by atoms with Crippen molar-refractivity contribution < 1.29 is 4.42 Å². The topological polar surface area (TPSA) is 77.0 Å². The predicted octanol–water partition coefficient (Wildman–Crippen LogP) is 2.49. The Morgan fingerprint density at radius 1 is 1.37 bits per heavy atom. The Labute approximate surface area is 117 Å². The minimum absolute atomic E-state index is 0.0856. The van der Waals surface area contributed by atoms with E-state index in [4.69, 9.17) is 22.4 Å². The normalized spacial score (nSPS) is 12.2. The van der Waals surface area contributed by atoms with Gasteiger partial charge in [0.15, 0.2) is 0 Å². The highest BCUT2D eigenvalue weighted by atomic mass is 32.1. The highest BCUT2D eigenvalue weighted by Crippen LogP contribution is 2.23. The van der Waals surface area contributed by atoms with Crippen LogP contribution in [-0.4, -0.2) is 15.0 Å². The van der Waals surface area contributed by atoms with Gasteiger partial charge in [-0.3, -0.25) is 0 Å². The minimum atomic E-state index is 0.0856. The molecule has 2 heterocycles. The molecule has 0 saturated heterocycles. The number of hydrogen-bond acceptors (Lipinski definition) is 5. The van der Waals surface area contributed by atoms with Gasteiger partial charge in [0, 0.05) is 5.56 Å². The number of nitrogens with zero attached hydrogens (tertiary/aromatic N) is 2. The van der Waals surface area contributed by atoms with Crippen LogP contribution in [-0.2, 0) is 0 Å². The summed E-state index contributed by atoms with van der Waals surface area (Å²) < 4.78 is 5.51. The molecular formula is C13H16N4OS. The van der Waals surface area contributed by atoms with E-state index >= 15 is 0 Å². The minimum Gasteiger partial charge on any atom is -0.466 e. The van der Waals surface area contributed by atoms with Crippen LogP contribution in [0.25, 0.3) is 0 Å². The molecule has 0 aromatic carbocycles. The van der Waals surface area contributed by atoms with E-state index in [9.17, 15) is 0 Å². The Hall–Kier alpha value is -1.95. The third-order valence-electron chi connectivity index (χ3n) is 2.81. The van der Waals surface area contributed by atoms with Gasteiger partial charge in [-0.25, -0.2) is 9.97 Å². The van der Waals surface area contributed by atoms with Crippen LogP contribution in [0.2, 0.25) is 0 Å². The molecule has 0 amide bonds. The van der Waals surface area contributed by atoms with Gasteiger partial charge in [0.05, 0.1) is 18.4 Å². The quantitative estimate of drug-likeness (QED) is 0.835. The third-order valence-corrected chi connectivity index (χ3v) is 3.02. The van der Waals surface area contributed by atoms with Crippen LogP contribution < -0.4 is 11.1 Å². The molecule has 0 aliphatic carbocycles. The van der Waals surface area contributed by atoms with Crippen molar-refractivity contribution >= 4 is 23.0 Å². The van der Waals surface area contributed by atoms with Crippen LogP contribution in [0.4, 0.5) is 5.82 Å². The van der Waals surface area contributed by atoms with Crippen molar-refractivity contribution in [1.29, 1.82) is 0 Å². The Bertz CT molecular complexity index is 591. The molecule has 2 aromatic rings. The second kappa shape index (κ2) is 5.36. The molecule has 2 aromatic heterocycles. The number of nitrogens with one attached hydrogen (secondary N) is 1. The van der Waals surface area contributed by atoms with Crippen LogP contribution in [0.3, 0.4) is 0 Å². The highest BCUT2D eigenvalue weighted by Gasteiger charge is 2.13. The van der Waals surface area contributed by atoms with E-state index in [1.54, 1.807) is 12.4 Å². The molecule has 0 fully saturated rings. The van der Waals surface area contributed by atoms with E-state index in [0.717, 1.165) is 17.1 Å². The van der Waals surface area contributed by atoms with Gasteiger partial charge in [0.2, 0.25) is 0 Å². The maximum atomic E-state index is 5.51. The lowest BCUT2D eigenvalue weighted by molar-refractivity contribution is 0.499. The Morgan fingerprint density at radius 3 is 2.58 bits per heavy atom. The van der Waals surface area contributed by atoms with Gasteiger partial charge in [0.1, 0.15) is 28.0 Å². The zero-order valence-corrected chi connectivity index (χ0v) is 11.9. The lowest BCUT2D eigenvalue weighted by atomic mass is 10.1. The first-order valence-electron chi connectivity index (χ1n) is 5.92. The molecule has 0 aliphatic rings. The summed E-state index contributed by atoms with van der Waals surface area (Å²) in [4.78, 5) is 8.61. The molecule has 5 nitrogen and oxygen atoms in total. The predicted molar refractivity (Wildman–Crippen MR) is 78.1 cm³/mol. The number of aromatic nitrogens is 2. The van der Waals surface area contributed by atoms with Crippen molar-refractivity contribution in [3.63, 3.8) is 0 Å². The summed E-state index contributed by atoms with van der Waals surface area (Å²) in [5.41, 5.74) is 7.10. The van der Waals surface area contributed by atoms with Gasteiger partial charge >= 0.3 is 0 Å². The van der Waals surface area contributed by atoms with Crippen LogP contribution >= 0.6 is 12.2 Å². The average molecular weight is 276 g/mol. The summed E-state index contributed by atoms with van der Waals surface area (Å²) in [6.45, 7) is 5.92. The largest absolute Gasteiger partial charge is 0.466 e. The fraction of sp³-hybridized carbons (Fsp3) is 0.308. The summed E-state index contributed by atoms with van der Waals surface area (Å²) >= 11 is 4.83. The number of nitrogens with two attached hydrogens (primary N) is 1. The van der Waals surface area contributed by atoms with Gasteiger partial charge in [-0.1, -0.05) is 12.2 Å². The van der Waals surface area contributed by atoms with Crippen LogP contribution in [0, 0.1) is 13.8 Å². The fourth-order valence-electron chi connectivity index (χ4n) is 1.91. The second-order valence-corrected chi connectivity index (χ2v) is 4.83. The number of furan rings is 1. The van der Waals surface area contributed by atoms with E-state index in [0.29, 0.717) is 11.5 Å². The lowest BCUT2D eigenvalue weighted by Gasteiger charge is -2.13. The molecule has 6 heteroatoms. The molecule has 0 bridgehead atoms. The standard InChI is InChI=1S/C13H16N4OS/c1-7-4-10(9(3)18-7)8(2)17-12-6-15-11(5-16-12)13(14)19/h4-6,8H,1-3H3,(H2,14,19)(H,16,17). The number of anilines is 1. The molecule has 100 valence electrons. The van der Waals surface area contributed by atoms with E-state index < -0.39 is 0 Å². The van der Waals surface area contributed by atoms with Crippen molar-refractivity contribution in [2.75, 3.05) is 5.32 Å². The molecule has 2 rings (SSSR count). The van der Waals surface area contributed by atoms with Crippen molar-refractivity contribution in [2.24, 2.45) is 5.73 Å². The number of aryl methyl sites for hydroxylation is 2. The molecule has 0 radical (unpaired) electrons. The van der Waals surface area contributed by atoms with E-state index in [2.05, 4.69) is 15.3 Å². The van der Waals surface area contributed by atoms with Gasteiger partial charge in [-0.2, -0.15) is 0 Å². The number of rotatable bonds is 4. The lowest BCUT2D eigenvalue weighted by Crippen LogP contribution is -2.13. The summed E-state index contributed by atoms with van der Waals surface area (Å²) in [6, 6.07) is 2.10. The Balaban J connectivity index is 2.12. The first-order valence-corrected chi connectivity index (χ1v) is 6.33. The molecule has 1 atom stereocenters. The zero-order valence-electron chi connectivity index (χ0n) is 11.1. The highest BCUT2D eigenvalue weighted by molar-refractivity contribution is 7.80. The summed E-state index contributed by atoms with van der Waals surface area (Å²) in [5, 5.41) is 3.26. The summed E-state index contributed by atoms with van der Waals surface area (Å²) in [5.74, 6) is 2.48. The number of hydrogen-bond donors (Lipinski definition) is 2. The first-order chi connectivity index (χ1) is 8.97. The van der Waals surface area contributed by atoms with Gasteiger partial charge < -0.3 is 15.5 Å². The van der Waals surface area contributed by atoms with Crippen molar-refractivity contribution in [3.05, 3.63) is 41.2 Å². The maximum Gasteiger partial charge on any atom is 0.144 e. The smallest absolute Gasteiger partial charge is 0.144 e. The van der Waals surface area contributed by atoms with Crippen LogP contribution in [0.1, 0.15) is 35.7 Å². The van der Waals surface area contributed by atoms with Gasteiger partial charge in [-0.15, -0.1) is 0 Å². The summed E-state index contributed by atoms with van der Waals surface area (Å²) in [7, 11) is 0. The van der Waals surface area contributed by atoms with Gasteiger partial charge in [-0.05, 0) is 26.8 Å². The molecule has 19 heavy (non-hydrogen) atoms. The summed E-state index contributed by atoms with van der Waals surface area (Å²) in [6.07, 6.45) is 3.18. The molecule has 0 saturated carbocycles. The average Bonchev–Trinajstić information content (AvgIpc) is 2.69. The molecule has 0 spiro atoms. The van der Waals surface area contributed by atoms with Crippen molar-refractivity contribution in [2.45, 2.75) is 26.8 Å². The van der Waals surface area contributed by atoms with E-state index in [1.165, 1.54) is 0 Å². The van der Waals surface area contributed by atoms with Crippen LogP contribution in [0.15, 0.2) is 22.9 Å². The first kappa shape index (κ1) is 13.5. The Morgan fingerprint density at radius 2 is 2.11 bits per heavy atom. The van der Waals surface area contributed by atoms with Gasteiger partial charge in [0.25, 0.3) is 0 Å². The Kier molecular flexibility index (Phi) is 3.80. The molecule has 3 N–H and O–H groups in total. The zero-order chi connectivity index (χ0) is 14.0. The third kappa shape index (κ3) is 3.08. The molecule has 1 unspecified atom stereocenters. The second-order valence-electron chi connectivity index (χ2n) is 4.39. The van der Waals surface area contributed by atoms with Crippen LogP contribution in [0.5, 0.6) is 0 Å². The SMILES string of the molecule is Cc1cc(C(C)Nc2cnc(C(N)=S)cn2)c(C)o1. The molecule has 0 aliphatic heterocycles. The molecular weight excluding hydrogens is 260 g/mol. The van der Waals surface area contributed by atoms with Crippen molar-refractivity contribution in [1.82, 2.24) is 9.97 Å². The number of thiocarbonyl (C=S) groups is 1. The maximum absolute atomic E-state index is 5.51. The fourth-order valence-corrected chi connectivity index (χ4v) is 2.02.